The lowest BCUT2D eigenvalue weighted by atomic mass is 9.74. The van der Waals surface area contributed by atoms with Crippen molar-refractivity contribution in [2.75, 3.05) is 13.1 Å². The monoisotopic (exact) mass is 351 g/mol. The van der Waals surface area contributed by atoms with E-state index >= 15 is 0 Å². The lowest BCUT2D eigenvalue weighted by Crippen LogP contribution is -2.38. The Morgan fingerprint density at radius 3 is 2.76 bits per heavy atom. The topological polar surface area (TPSA) is 57.8 Å². The highest BCUT2D eigenvalue weighted by Crippen LogP contribution is 2.46. The molecule has 4 nitrogen and oxygen atoms in total. The van der Waals surface area contributed by atoms with Crippen LogP contribution in [0, 0.1) is 0 Å². The van der Waals surface area contributed by atoms with Gasteiger partial charge in [0, 0.05) is 34.5 Å². The van der Waals surface area contributed by atoms with E-state index < -0.39 is 0 Å². The van der Waals surface area contributed by atoms with E-state index in [1.807, 2.05) is 30.5 Å². The van der Waals surface area contributed by atoms with Gasteiger partial charge in [0.25, 0.3) is 0 Å². The Labute approximate surface area is 150 Å². The van der Waals surface area contributed by atoms with Crippen LogP contribution in [0.5, 0.6) is 0 Å². The summed E-state index contributed by atoms with van der Waals surface area (Å²) in [5, 5.41) is 4.95. The molecule has 5 rings (SSSR count). The molecule has 25 heavy (non-hydrogen) atoms. The number of rotatable bonds is 1. The number of ketones is 1. The van der Waals surface area contributed by atoms with Crippen molar-refractivity contribution >= 4 is 28.4 Å². The van der Waals surface area contributed by atoms with E-state index in [1.165, 1.54) is 5.56 Å². The van der Waals surface area contributed by atoms with E-state index in [9.17, 15) is 4.79 Å². The summed E-state index contributed by atoms with van der Waals surface area (Å²) in [6.07, 6.45) is 4.68. The number of carbonyl (C=O) groups is 1. The summed E-state index contributed by atoms with van der Waals surface area (Å²) in [6, 6.07) is 10.1. The van der Waals surface area contributed by atoms with Crippen molar-refractivity contribution in [2.24, 2.45) is 0 Å². The third-order valence-corrected chi connectivity index (χ3v) is 5.98. The minimum atomic E-state index is 0.0152. The molecule has 0 unspecified atom stereocenters. The second-order valence-corrected chi connectivity index (χ2v) is 7.51. The Morgan fingerprint density at radius 1 is 1.08 bits per heavy atom. The molecule has 5 heteroatoms. The number of carbonyl (C=O) groups excluding carboxylic acids is 1. The third kappa shape index (κ3) is 2.25. The molecule has 126 valence electrons. The van der Waals surface area contributed by atoms with E-state index in [2.05, 4.69) is 21.4 Å². The van der Waals surface area contributed by atoms with Crippen LogP contribution in [0.1, 0.15) is 35.2 Å². The smallest absolute Gasteiger partial charge is 0.164 e. The summed E-state index contributed by atoms with van der Waals surface area (Å²) in [7, 11) is 0. The average Bonchev–Trinajstić information content (AvgIpc) is 3.15. The number of hydrogen-bond acceptors (Lipinski definition) is 3. The van der Waals surface area contributed by atoms with E-state index in [4.69, 9.17) is 11.6 Å². The van der Waals surface area contributed by atoms with Crippen LogP contribution in [0.25, 0.3) is 22.2 Å². The van der Waals surface area contributed by atoms with Crippen LogP contribution in [0.4, 0.5) is 0 Å². The maximum atomic E-state index is 12.5. The summed E-state index contributed by atoms with van der Waals surface area (Å²) in [5.41, 5.74) is 5.17. The average molecular weight is 352 g/mol. The van der Waals surface area contributed by atoms with Crippen molar-refractivity contribution in [3.8, 4) is 11.1 Å². The summed E-state index contributed by atoms with van der Waals surface area (Å²) >= 11 is 5.99. The van der Waals surface area contributed by atoms with Crippen LogP contribution in [0.3, 0.4) is 0 Å². The molecule has 1 spiro atoms. The lowest BCUT2D eigenvalue weighted by molar-refractivity contribution is 0.0964. The van der Waals surface area contributed by atoms with Gasteiger partial charge in [0.15, 0.2) is 5.78 Å². The Bertz CT molecular complexity index is 1000. The molecule has 3 aromatic rings. The molecule has 0 amide bonds. The summed E-state index contributed by atoms with van der Waals surface area (Å²) in [5.74, 6) is 0.288. The van der Waals surface area contributed by atoms with Crippen LogP contribution in [-0.2, 0) is 5.41 Å². The number of aromatic nitrogens is 2. The first-order chi connectivity index (χ1) is 12.2. The molecule has 2 aliphatic rings. The van der Waals surface area contributed by atoms with Crippen LogP contribution in [-0.4, -0.2) is 28.8 Å². The molecule has 0 radical (unpaired) electrons. The third-order valence-electron chi connectivity index (χ3n) is 5.77. The highest BCUT2D eigenvalue weighted by Gasteiger charge is 2.43. The first kappa shape index (κ1) is 15.1. The maximum absolute atomic E-state index is 12.5. The van der Waals surface area contributed by atoms with Gasteiger partial charge in [-0.1, -0.05) is 23.7 Å². The second kappa shape index (κ2) is 5.41. The number of halogens is 1. The number of hydrogen-bond donors (Lipinski definition) is 2. The van der Waals surface area contributed by atoms with Crippen LogP contribution in [0.15, 0.2) is 36.5 Å². The Balaban J connectivity index is 1.67. The fourth-order valence-electron chi connectivity index (χ4n) is 4.46. The molecule has 1 aliphatic heterocycles. The number of aromatic amines is 1. The molecule has 1 aliphatic carbocycles. The van der Waals surface area contributed by atoms with Gasteiger partial charge in [0.1, 0.15) is 10.8 Å². The quantitative estimate of drug-likeness (QED) is 0.649. The number of nitrogens with zero attached hydrogens (tertiary/aromatic N) is 1. The van der Waals surface area contributed by atoms with E-state index in [1.54, 1.807) is 0 Å². The standard InChI is InChI=1S/C20H18ClN3O/c21-18-4-3-13-15(11-23-19(13)24-18)12-1-2-14-16(9-12)20(10-17(14)25)5-7-22-8-6-20/h1-4,9,11,22H,5-8,10H2,(H,23,24). The molecule has 1 fully saturated rings. The van der Waals surface area contributed by atoms with Crippen molar-refractivity contribution < 1.29 is 4.79 Å². The van der Waals surface area contributed by atoms with Gasteiger partial charge in [-0.05, 0) is 55.3 Å². The Morgan fingerprint density at radius 2 is 1.92 bits per heavy atom. The van der Waals surface area contributed by atoms with Gasteiger partial charge in [-0.15, -0.1) is 0 Å². The highest BCUT2D eigenvalue weighted by atomic mass is 35.5. The van der Waals surface area contributed by atoms with Crippen LogP contribution >= 0.6 is 11.6 Å². The Hall–Kier alpha value is -2.17. The number of pyridine rings is 1. The number of piperidine rings is 1. The van der Waals surface area contributed by atoms with Gasteiger partial charge in [-0.3, -0.25) is 4.79 Å². The summed E-state index contributed by atoms with van der Waals surface area (Å²) in [6.45, 7) is 1.96. The van der Waals surface area contributed by atoms with Crippen molar-refractivity contribution in [1.29, 1.82) is 0 Å². The molecule has 2 N–H and O–H groups in total. The highest BCUT2D eigenvalue weighted by molar-refractivity contribution is 6.29. The molecule has 1 saturated heterocycles. The predicted octanol–water partition coefficient (Wildman–Crippen LogP) is 4.09. The molecule has 0 saturated carbocycles. The molecule has 1 aromatic carbocycles. The van der Waals surface area contributed by atoms with Gasteiger partial charge >= 0.3 is 0 Å². The second-order valence-electron chi connectivity index (χ2n) is 7.12. The molecule has 2 aromatic heterocycles. The van der Waals surface area contributed by atoms with E-state index in [0.29, 0.717) is 11.6 Å². The molecule has 0 bridgehead atoms. The van der Waals surface area contributed by atoms with Gasteiger partial charge in [-0.2, -0.15) is 0 Å². The van der Waals surface area contributed by atoms with Crippen molar-refractivity contribution in [3.05, 3.63) is 52.8 Å². The van der Waals surface area contributed by atoms with Gasteiger partial charge in [-0.25, -0.2) is 4.98 Å². The maximum Gasteiger partial charge on any atom is 0.164 e. The Kier molecular flexibility index (Phi) is 3.27. The van der Waals surface area contributed by atoms with Crippen molar-refractivity contribution in [1.82, 2.24) is 15.3 Å². The number of nitrogens with one attached hydrogen (secondary N) is 2. The number of benzene rings is 1. The first-order valence-corrected chi connectivity index (χ1v) is 9.07. The lowest BCUT2D eigenvalue weighted by Gasteiger charge is -2.34. The minimum absolute atomic E-state index is 0.0152. The van der Waals surface area contributed by atoms with Crippen molar-refractivity contribution in [2.45, 2.75) is 24.7 Å². The van der Waals surface area contributed by atoms with Gasteiger partial charge in [0.05, 0.1) is 0 Å². The van der Waals surface area contributed by atoms with Gasteiger partial charge < -0.3 is 10.3 Å². The fraction of sp³-hybridized carbons (Fsp3) is 0.300. The molecular formula is C20H18ClN3O. The number of fused-ring (bicyclic) bond motifs is 3. The zero-order valence-corrected chi connectivity index (χ0v) is 14.5. The zero-order valence-electron chi connectivity index (χ0n) is 13.7. The summed E-state index contributed by atoms with van der Waals surface area (Å²) < 4.78 is 0. The van der Waals surface area contributed by atoms with Crippen molar-refractivity contribution in [3.63, 3.8) is 0 Å². The van der Waals surface area contributed by atoms with Crippen LogP contribution < -0.4 is 5.32 Å². The SMILES string of the molecule is O=C1CC2(CCNCC2)c2cc(-c3c[nH]c4nc(Cl)ccc34)ccc21. The molecule has 0 atom stereocenters. The normalized spacial score (nSPS) is 18.8. The van der Waals surface area contributed by atoms with Crippen LogP contribution in [0.2, 0.25) is 5.15 Å². The molecule has 3 heterocycles. The zero-order chi connectivity index (χ0) is 17.0. The predicted molar refractivity (Wildman–Crippen MR) is 99.3 cm³/mol. The minimum Gasteiger partial charge on any atom is -0.345 e. The van der Waals surface area contributed by atoms with E-state index in [0.717, 1.165) is 53.7 Å². The summed E-state index contributed by atoms with van der Waals surface area (Å²) in [4.78, 5) is 20.1. The first-order valence-electron chi connectivity index (χ1n) is 8.69. The van der Waals surface area contributed by atoms with Gasteiger partial charge in [0.2, 0.25) is 0 Å². The number of H-pyrrole nitrogens is 1. The molecular weight excluding hydrogens is 334 g/mol. The fourth-order valence-corrected chi connectivity index (χ4v) is 4.61. The number of Topliss-reactive ketones (excluding diaryl/α,β-unsaturated/α-hetero) is 1. The van der Waals surface area contributed by atoms with E-state index in [-0.39, 0.29) is 11.2 Å². The largest absolute Gasteiger partial charge is 0.345 e.